The van der Waals surface area contributed by atoms with Gasteiger partial charge in [-0.25, -0.2) is 4.98 Å². The second-order valence-electron chi connectivity index (χ2n) is 10.5. The van der Waals surface area contributed by atoms with E-state index in [1.165, 1.54) is 12.1 Å². The van der Waals surface area contributed by atoms with Crippen molar-refractivity contribution in [3.05, 3.63) is 100.0 Å². The van der Waals surface area contributed by atoms with Gasteiger partial charge in [0.2, 0.25) is 0 Å². The number of alkyl halides is 3. The van der Waals surface area contributed by atoms with Gasteiger partial charge in [-0.05, 0) is 93.9 Å². The van der Waals surface area contributed by atoms with E-state index in [0.29, 0.717) is 17.7 Å². The molecule has 0 unspecified atom stereocenters. The van der Waals surface area contributed by atoms with Crippen molar-refractivity contribution in [3.63, 3.8) is 0 Å². The molecule has 6 nitrogen and oxygen atoms in total. The first-order valence-corrected chi connectivity index (χ1v) is 13.6. The molecule has 1 aliphatic rings. The highest BCUT2D eigenvalue weighted by Gasteiger charge is 2.34. The molecule has 0 atom stereocenters. The summed E-state index contributed by atoms with van der Waals surface area (Å²) in [5, 5.41) is 2.65. The van der Waals surface area contributed by atoms with Crippen LogP contribution >= 0.6 is 0 Å². The number of hydrogen-bond donors (Lipinski definition) is 1. The summed E-state index contributed by atoms with van der Waals surface area (Å²) in [4.78, 5) is 21.9. The number of aryl methyl sites for hydroxylation is 2. The van der Waals surface area contributed by atoms with Crippen LogP contribution in [0.1, 0.15) is 50.4 Å². The smallest absolute Gasteiger partial charge is 0.322 e. The fourth-order valence-corrected chi connectivity index (χ4v) is 5.05. The van der Waals surface area contributed by atoms with Crippen LogP contribution in [0, 0.1) is 25.7 Å². The number of amides is 1. The Kier molecular flexibility index (Phi) is 8.15. The van der Waals surface area contributed by atoms with Gasteiger partial charge in [0, 0.05) is 42.6 Å². The topological polar surface area (TPSA) is 52.9 Å². The minimum absolute atomic E-state index is 0.0937. The van der Waals surface area contributed by atoms with Gasteiger partial charge in [-0.3, -0.25) is 14.1 Å². The number of anilines is 1. The van der Waals surface area contributed by atoms with Crippen LogP contribution in [-0.4, -0.2) is 58.3 Å². The van der Waals surface area contributed by atoms with Crippen LogP contribution in [0.25, 0.3) is 5.65 Å². The fourth-order valence-electron chi connectivity index (χ4n) is 5.05. The summed E-state index contributed by atoms with van der Waals surface area (Å²) in [5.41, 5.74) is 3.74. The molecular formula is C32H32F3N5O. The molecule has 41 heavy (non-hydrogen) atoms. The van der Waals surface area contributed by atoms with Gasteiger partial charge in [-0.2, -0.15) is 13.2 Å². The lowest BCUT2D eigenvalue weighted by Crippen LogP contribution is -2.29. The van der Waals surface area contributed by atoms with E-state index in [0.717, 1.165) is 54.7 Å². The Labute approximate surface area is 237 Å². The average Bonchev–Trinajstić information content (AvgIpc) is 3.11. The molecule has 0 saturated carbocycles. The molecular weight excluding hydrogens is 527 g/mol. The van der Waals surface area contributed by atoms with Crippen LogP contribution in [-0.2, 0) is 12.7 Å². The third-order valence-electron chi connectivity index (χ3n) is 7.40. The number of nitrogens with one attached hydrogen (secondary N) is 1. The molecule has 5 rings (SSSR count). The van der Waals surface area contributed by atoms with Gasteiger partial charge in [0.15, 0.2) is 0 Å². The largest absolute Gasteiger partial charge is 0.416 e. The van der Waals surface area contributed by atoms with Crippen LogP contribution in [0.5, 0.6) is 0 Å². The lowest BCUT2D eigenvalue weighted by Gasteiger charge is -2.23. The van der Waals surface area contributed by atoms with Crippen LogP contribution in [0.4, 0.5) is 18.9 Å². The van der Waals surface area contributed by atoms with E-state index < -0.39 is 17.6 Å². The van der Waals surface area contributed by atoms with Crippen molar-refractivity contribution in [3.8, 4) is 11.8 Å². The number of likely N-dealkylation sites (N-methyl/N-ethyl adjacent to an activating group) is 1. The van der Waals surface area contributed by atoms with Crippen LogP contribution < -0.4 is 5.32 Å². The minimum Gasteiger partial charge on any atom is -0.322 e. The van der Waals surface area contributed by atoms with Crippen molar-refractivity contribution in [1.29, 1.82) is 0 Å². The number of rotatable bonds is 4. The zero-order chi connectivity index (χ0) is 29.1. The Balaban J connectivity index is 1.36. The van der Waals surface area contributed by atoms with Gasteiger partial charge in [0.25, 0.3) is 5.91 Å². The summed E-state index contributed by atoms with van der Waals surface area (Å²) in [6, 6.07) is 14.8. The first kappa shape index (κ1) is 28.4. The van der Waals surface area contributed by atoms with Crippen molar-refractivity contribution in [2.24, 2.45) is 0 Å². The molecule has 0 bridgehead atoms. The van der Waals surface area contributed by atoms with Gasteiger partial charge in [0.1, 0.15) is 11.3 Å². The summed E-state index contributed by atoms with van der Waals surface area (Å²) in [6.45, 7) is 7.20. The monoisotopic (exact) mass is 559 g/mol. The molecule has 1 aliphatic heterocycles. The molecule has 9 heteroatoms. The maximum absolute atomic E-state index is 14.0. The van der Waals surface area contributed by atoms with Gasteiger partial charge in [-0.1, -0.05) is 24.1 Å². The molecule has 0 radical (unpaired) electrons. The summed E-state index contributed by atoms with van der Waals surface area (Å²) in [5.74, 6) is 5.80. The molecule has 2 aromatic carbocycles. The lowest BCUT2D eigenvalue weighted by molar-refractivity contribution is -0.138. The third-order valence-corrected chi connectivity index (χ3v) is 7.40. The number of pyridine rings is 1. The van der Waals surface area contributed by atoms with E-state index in [1.54, 1.807) is 18.2 Å². The van der Waals surface area contributed by atoms with Crippen molar-refractivity contribution < 1.29 is 18.0 Å². The molecule has 1 saturated heterocycles. The zero-order valence-electron chi connectivity index (χ0n) is 23.3. The van der Waals surface area contributed by atoms with Crippen molar-refractivity contribution in [2.75, 3.05) is 38.5 Å². The van der Waals surface area contributed by atoms with Gasteiger partial charge in [0.05, 0.1) is 11.3 Å². The predicted octanol–water partition coefficient (Wildman–Crippen LogP) is 5.76. The number of hydrogen-bond acceptors (Lipinski definition) is 4. The predicted molar refractivity (Wildman–Crippen MR) is 154 cm³/mol. The van der Waals surface area contributed by atoms with E-state index in [4.69, 9.17) is 0 Å². The number of aromatic nitrogens is 2. The van der Waals surface area contributed by atoms with Crippen molar-refractivity contribution in [2.45, 2.75) is 33.0 Å². The molecule has 0 spiro atoms. The normalized spacial score (nSPS) is 14.9. The Morgan fingerprint density at radius 3 is 2.63 bits per heavy atom. The number of imidazole rings is 1. The second kappa shape index (κ2) is 11.8. The number of carbonyl (C=O) groups excluding carboxylic acids is 1. The van der Waals surface area contributed by atoms with Crippen LogP contribution in [0.15, 0.2) is 60.8 Å². The number of benzene rings is 2. The summed E-state index contributed by atoms with van der Waals surface area (Å²) in [6.07, 6.45) is -1.74. The highest BCUT2D eigenvalue weighted by atomic mass is 19.4. The van der Waals surface area contributed by atoms with E-state index in [9.17, 15) is 18.0 Å². The molecule has 0 aliphatic carbocycles. The summed E-state index contributed by atoms with van der Waals surface area (Å²) in [7, 11) is 2.02. The number of carbonyl (C=O) groups is 1. The highest BCUT2D eigenvalue weighted by Crippen LogP contribution is 2.35. The third kappa shape index (κ3) is 6.62. The van der Waals surface area contributed by atoms with E-state index in [-0.39, 0.29) is 17.8 Å². The van der Waals surface area contributed by atoms with E-state index >= 15 is 0 Å². The number of halogens is 3. The fraction of sp³-hybridized carbons (Fsp3) is 0.312. The van der Waals surface area contributed by atoms with E-state index in [2.05, 4.69) is 31.9 Å². The Bertz CT molecular complexity index is 1650. The van der Waals surface area contributed by atoms with Crippen LogP contribution in [0.3, 0.4) is 0 Å². The summed E-state index contributed by atoms with van der Waals surface area (Å²) >= 11 is 0. The SMILES string of the molecule is Cc1ccc(C(=O)Nc2ccc(CN3CCCN(C)CC3)c(C(F)(F)F)c2)cc1C#Cc1c(C)nc2ccccn12. The zero-order valence-corrected chi connectivity index (χ0v) is 23.3. The van der Waals surface area contributed by atoms with Crippen LogP contribution in [0.2, 0.25) is 0 Å². The van der Waals surface area contributed by atoms with Gasteiger partial charge < -0.3 is 10.2 Å². The van der Waals surface area contributed by atoms with E-state index in [1.807, 2.05) is 49.7 Å². The molecule has 2 aromatic heterocycles. The first-order valence-electron chi connectivity index (χ1n) is 13.6. The van der Waals surface area contributed by atoms with Gasteiger partial charge >= 0.3 is 6.18 Å². The molecule has 1 fully saturated rings. The lowest BCUT2D eigenvalue weighted by atomic mass is 10.0. The molecule has 1 amide bonds. The maximum atomic E-state index is 14.0. The highest BCUT2D eigenvalue weighted by molar-refractivity contribution is 6.04. The molecule has 4 aromatic rings. The summed E-state index contributed by atoms with van der Waals surface area (Å²) < 4.78 is 44.1. The van der Waals surface area contributed by atoms with Crippen molar-refractivity contribution >= 4 is 17.2 Å². The average molecular weight is 560 g/mol. The number of nitrogens with zero attached hydrogens (tertiary/aromatic N) is 4. The molecule has 3 heterocycles. The Morgan fingerprint density at radius 1 is 1.00 bits per heavy atom. The minimum atomic E-state index is -4.54. The standard InChI is InChI=1S/C32H32F3N5O/c1-22-8-9-25(19-24(22)11-13-29-23(2)36-30-7-4-5-16-40(29)30)31(41)37-27-12-10-26(28(20-27)32(33,34)35)21-39-15-6-14-38(3)17-18-39/h4-5,7-10,12,16,19-20H,6,14-15,17-18,21H2,1-3H3,(H,37,41). The van der Waals surface area contributed by atoms with Crippen molar-refractivity contribution in [1.82, 2.24) is 19.2 Å². The maximum Gasteiger partial charge on any atom is 0.416 e. The Hall–Kier alpha value is -4.13. The van der Waals surface area contributed by atoms with Gasteiger partial charge in [-0.15, -0.1) is 0 Å². The first-order chi connectivity index (χ1) is 19.6. The second-order valence-corrected chi connectivity index (χ2v) is 10.5. The Morgan fingerprint density at radius 2 is 1.83 bits per heavy atom. The molecule has 1 N–H and O–H groups in total. The quantitative estimate of drug-likeness (QED) is 0.323. The molecule has 212 valence electrons. The number of fused-ring (bicyclic) bond motifs is 1.